The van der Waals surface area contributed by atoms with Crippen LogP contribution in [0.5, 0.6) is 0 Å². The third-order valence-electron chi connectivity index (χ3n) is 4.95. The summed E-state index contributed by atoms with van der Waals surface area (Å²) >= 11 is 0. The molecule has 25 heavy (non-hydrogen) atoms. The predicted octanol–water partition coefficient (Wildman–Crippen LogP) is 7.73. The van der Waals surface area contributed by atoms with Gasteiger partial charge in [-0.3, -0.25) is 0 Å². The number of ether oxygens (including phenoxy) is 1. The zero-order valence-electron chi connectivity index (χ0n) is 16.8. The molecule has 1 rings (SSSR count). The van der Waals surface area contributed by atoms with Crippen LogP contribution in [0.2, 0.25) is 0 Å². The van der Waals surface area contributed by atoms with Crippen molar-refractivity contribution in [2.75, 3.05) is 13.2 Å². The summed E-state index contributed by atoms with van der Waals surface area (Å²) in [6, 6.07) is 10.9. The largest absolute Gasteiger partial charge is 0.381 e. The molecule has 0 aliphatic heterocycles. The van der Waals surface area contributed by atoms with Gasteiger partial charge in [-0.2, -0.15) is 0 Å². The standard InChI is InChI=1S/C24H42O/c1-2-22-25-23-18-13-11-9-7-5-3-4-6-8-10-12-15-19-24-20-16-14-17-21-24/h14,16-17,20-21H,2-13,15,18-19,22-23H2,1H3. The molecule has 1 aromatic rings. The van der Waals surface area contributed by atoms with E-state index in [2.05, 4.69) is 37.3 Å². The number of hydrogen-bond acceptors (Lipinski definition) is 1. The van der Waals surface area contributed by atoms with Gasteiger partial charge in [-0.25, -0.2) is 0 Å². The van der Waals surface area contributed by atoms with Gasteiger partial charge in [0.2, 0.25) is 0 Å². The van der Waals surface area contributed by atoms with Crippen molar-refractivity contribution in [2.24, 2.45) is 0 Å². The molecule has 0 aromatic heterocycles. The summed E-state index contributed by atoms with van der Waals surface area (Å²) in [7, 11) is 0. The van der Waals surface area contributed by atoms with Gasteiger partial charge in [-0.15, -0.1) is 0 Å². The lowest BCUT2D eigenvalue weighted by molar-refractivity contribution is 0.130. The molecule has 0 saturated heterocycles. The van der Waals surface area contributed by atoms with E-state index in [1.54, 1.807) is 0 Å². The maximum absolute atomic E-state index is 5.51. The number of unbranched alkanes of at least 4 members (excludes halogenated alkanes) is 12. The summed E-state index contributed by atoms with van der Waals surface area (Å²) in [5.74, 6) is 0. The van der Waals surface area contributed by atoms with Gasteiger partial charge in [-0.1, -0.05) is 108 Å². The summed E-state index contributed by atoms with van der Waals surface area (Å²) in [4.78, 5) is 0. The lowest BCUT2D eigenvalue weighted by atomic mass is 10.0. The van der Waals surface area contributed by atoms with Crippen LogP contribution < -0.4 is 0 Å². The molecule has 1 aromatic carbocycles. The van der Waals surface area contributed by atoms with Crippen molar-refractivity contribution in [3.63, 3.8) is 0 Å². The van der Waals surface area contributed by atoms with Crippen LogP contribution in [0.3, 0.4) is 0 Å². The second kappa shape index (κ2) is 18.0. The molecule has 0 atom stereocenters. The van der Waals surface area contributed by atoms with Crippen LogP contribution in [-0.2, 0) is 11.2 Å². The first-order valence-corrected chi connectivity index (χ1v) is 11.0. The molecule has 1 heteroatoms. The molecule has 0 heterocycles. The third kappa shape index (κ3) is 15.2. The average Bonchev–Trinajstić information content (AvgIpc) is 2.65. The molecule has 0 fully saturated rings. The Bertz CT molecular complexity index is 360. The highest BCUT2D eigenvalue weighted by atomic mass is 16.5. The Morgan fingerprint density at radius 2 is 1.04 bits per heavy atom. The zero-order chi connectivity index (χ0) is 17.8. The number of rotatable bonds is 18. The average molecular weight is 347 g/mol. The van der Waals surface area contributed by atoms with E-state index in [0.29, 0.717) is 0 Å². The highest BCUT2D eigenvalue weighted by molar-refractivity contribution is 5.14. The van der Waals surface area contributed by atoms with Crippen LogP contribution in [0.25, 0.3) is 0 Å². The first-order chi connectivity index (χ1) is 12.4. The molecular formula is C24H42O. The lowest BCUT2D eigenvalue weighted by Gasteiger charge is -2.04. The lowest BCUT2D eigenvalue weighted by Crippen LogP contribution is -1.95. The molecule has 0 saturated carbocycles. The summed E-state index contributed by atoms with van der Waals surface area (Å²) in [6.07, 6.45) is 20.7. The van der Waals surface area contributed by atoms with Crippen molar-refractivity contribution < 1.29 is 4.74 Å². The van der Waals surface area contributed by atoms with Gasteiger partial charge < -0.3 is 4.74 Å². The van der Waals surface area contributed by atoms with E-state index in [-0.39, 0.29) is 0 Å². The van der Waals surface area contributed by atoms with Crippen molar-refractivity contribution in [2.45, 2.75) is 103 Å². The fourth-order valence-corrected chi connectivity index (χ4v) is 3.37. The number of aryl methyl sites for hydroxylation is 1. The molecule has 0 aliphatic rings. The maximum atomic E-state index is 5.51. The first kappa shape index (κ1) is 22.2. The normalized spacial score (nSPS) is 11.1. The van der Waals surface area contributed by atoms with Gasteiger partial charge in [0, 0.05) is 13.2 Å². The number of benzene rings is 1. The van der Waals surface area contributed by atoms with E-state index >= 15 is 0 Å². The highest BCUT2D eigenvalue weighted by Gasteiger charge is 1.95. The molecule has 0 unspecified atom stereocenters. The van der Waals surface area contributed by atoms with Gasteiger partial charge in [0.25, 0.3) is 0 Å². The van der Waals surface area contributed by atoms with Gasteiger partial charge in [0.1, 0.15) is 0 Å². The molecule has 0 spiro atoms. The van der Waals surface area contributed by atoms with Crippen LogP contribution in [0.4, 0.5) is 0 Å². The second-order valence-corrected chi connectivity index (χ2v) is 7.44. The molecule has 0 N–H and O–H groups in total. The Morgan fingerprint density at radius 1 is 0.560 bits per heavy atom. The first-order valence-electron chi connectivity index (χ1n) is 11.0. The van der Waals surface area contributed by atoms with Crippen molar-refractivity contribution in [3.8, 4) is 0 Å². The van der Waals surface area contributed by atoms with E-state index in [1.165, 1.54) is 95.5 Å². The Morgan fingerprint density at radius 3 is 1.56 bits per heavy atom. The van der Waals surface area contributed by atoms with Crippen molar-refractivity contribution in [3.05, 3.63) is 35.9 Å². The summed E-state index contributed by atoms with van der Waals surface area (Å²) in [6.45, 7) is 4.08. The van der Waals surface area contributed by atoms with Gasteiger partial charge >= 0.3 is 0 Å². The molecular weight excluding hydrogens is 304 g/mol. The SMILES string of the molecule is CCCOCCCCCCCCCCCCCCCc1ccccc1. The Kier molecular flexibility index (Phi) is 16.0. The molecule has 1 nitrogen and oxygen atoms in total. The van der Waals surface area contributed by atoms with Gasteiger partial charge in [0.05, 0.1) is 0 Å². The van der Waals surface area contributed by atoms with Crippen LogP contribution in [0, 0.1) is 0 Å². The third-order valence-corrected chi connectivity index (χ3v) is 4.95. The minimum atomic E-state index is 0.938. The van der Waals surface area contributed by atoms with Crippen LogP contribution in [-0.4, -0.2) is 13.2 Å². The molecule has 0 bridgehead atoms. The van der Waals surface area contributed by atoms with Crippen molar-refractivity contribution >= 4 is 0 Å². The fourth-order valence-electron chi connectivity index (χ4n) is 3.37. The van der Waals surface area contributed by atoms with Crippen molar-refractivity contribution in [1.82, 2.24) is 0 Å². The van der Waals surface area contributed by atoms with Crippen LogP contribution in [0.15, 0.2) is 30.3 Å². The van der Waals surface area contributed by atoms with Crippen molar-refractivity contribution in [1.29, 1.82) is 0 Å². The van der Waals surface area contributed by atoms with Crippen LogP contribution >= 0.6 is 0 Å². The Labute approximate surface area is 157 Å². The van der Waals surface area contributed by atoms with E-state index in [1.807, 2.05) is 0 Å². The molecule has 0 aliphatic carbocycles. The van der Waals surface area contributed by atoms with E-state index in [4.69, 9.17) is 4.74 Å². The van der Waals surface area contributed by atoms with Gasteiger partial charge in [-0.05, 0) is 31.2 Å². The summed E-state index contributed by atoms with van der Waals surface area (Å²) in [5, 5.41) is 0. The Hall–Kier alpha value is -0.820. The quantitative estimate of drug-likeness (QED) is 0.247. The van der Waals surface area contributed by atoms with E-state index in [0.717, 1.165) is 19.6 Å². The Balaban J connectivity index is 1.69. The fraction of sp³-hybridized carbons (Fsp3) is 0.750. The molecule has 0 radical (unpaired) electrons. The van der Waals surface area contributed by atoms with E-state index < -0.39 is 0 Å². The molecule has 144 valence electrons. The highest BCUT2D eigenvalue weighted by Crippen LogP contribution is 2.13. The minimum Gasteiger partial charge on any atom is -0.381 e. The topological polar surface area (TPSA) is 9.23 Å². The van der Waals surface area contributed by atoms with Crippen LogP contribution in [0.1, 0.15) is 102 Å². The smallest absolute Gasteiger partial charge is 0.0466 e. The number of hydrogen-bond donors (Lipinski definition) is 0. The summed E-state index contributed by atoms with van der Waals surface area (Å²) in [5.41, 5.74) is 1.50. The monoisotopic (exact) mass is 346 g/mol. The second-order valence-electron chi connectivity index (χ2n) is 7.44. The van der Waals surface area contributed by atoms with E-state index in [9.17, 15) is 0 Å². The maximum Gasteiger partial charge on any atom is 0.0466 e. The summed E-state index contributed by atoms with van der Waals surface area (Å²) < 4.78 is 5.51. The zero-order valence-corrected chi connectivity index (χ0v) is 16.8. The predicted molar refractivity (Wildman–Crippen MR) is 111 cm³/mol. The molecule has 0 amide bonds. The minimum absolute atomic E-state index is 0.938. The van der Waals surface area contributed by atoms with Gasteiger partial charge in [0.15, 0.2) is 0 Å².